The van der Waals surface area contributed by atoms with E-state index in [1.54, 1.807) is 19.1 Å². The number of nitro benzene ring substituents is 1. The maximum atomic E-state index is 11.2. The van der Waals surface area contributed by atoms with Crippen LogP contribution >= 0.6 is 0 Å². The molecular formula is C13H11N3O5. The van der Waals surface area contributed by atoms with Crippen molar-refractivity contribution >= 4 is 11.7 Å². The van der Waals surface area contributed by atoms with Crippen molar-refractivity contribution in [1.29, 1.82) is 0 Å². The summed E-state index contributed by atoms with van der Waals surface area (Å²) in [6, 6.07) is 4.57. The molecule has 0 amide bonds. The highest BCUT2D eigenvalue weighted by atomic mass is 16.6. The summed E-state index contributed by atoms with van der Waals surface area (Å²) in [6.07, 6.45) is 2.37. The lowest BCUT2D eigenvalue weighted by molar-refractivity contribution is -0.385. The van der Waals surface area contributed by atoms with Gasteiger partial charge in [-0.2, -0.15) is 0 Å². The molecule has 0 bridgehead atoms. The van der Waals surface area contributed by atoms with E-state index in [0.29, 0.717) is 5.56 Å². The number of methoxy groups -OCH3 is 1. The molecule has 1 heterocycles. The third-order valence-corrected chi connectivity index (χ3v) is 2.62. The van der Waals surface area contributed by atoms with E-state index in [1.165, 1.54) is 25.6 Å². The number of esters is 1. The number of benzene rings is 1. The zero-order valence-electron chi connectivity index (χ0n) is 11.3. The number of hydrogen-bond acceptors (Lipinski definition) is 7. The Bertz CT molecular complexity index is 685. The number of nitrogens with zero attached hydrogens (tertiary/aromatic N) is 3. The molecule has 0 saturated heterocycles. The van der Waals surface area contributed by atoms with Gasteiger partial charge in [0.15, 0.2) is 5.69 Å². The molecule has 0 aliphatic rings. The smallest absolute Gasteiger partial charge is 0.358 e. The van der Waals surface area contributed by atoms with Crippen molar-refractivity contribution in [2.24, 2.45) is 0 Å². The molecule has 1 aromatic carbocycles. The molecule has 2 aromatic rings. The first kappa shape index (κ1) is 14.4. The van der Waals surface area contributed by atoms with E-state index >= 15 is 0 Å². The van der Waals surface area contributed by atoms with E-state index in [2.05, 4.69) is 14.7 Å². The topological polar surface area (TPSA) is 104 Å². The Morgan fingerprint density at radius 2 is 2.05 bits per heavy atom. The summed E-state index contributed by atoms with van der Waals surface area (Å²) in [5.74, 6) is -0.501. The fraction of sp³-hybridized carbons (Fsp3) is 0.154. The van der Waals surface area contributed by atoms with Crippen LogP contribution in [0.3, 0.4) is 0 Å². The molecule has 2 rings (SSSR count). The first-order chi connectivity index (χ1) is 10.0. The molecule has 0 radical (unpaired) electrons. The van der Waals surface area contributed by atoms with Gasteiger partial charge in [-0.15, -0.1) is 0 Å². The molecule has 0 N–H and O–H groups in total. The van der Waals surface area contributed by atoms with E-state index in [-0.39, 0.29) is 23.0 Å². The number of para-hydroxylation sites is 1. The molecule has 8 heteroatoms. The first-order valence-corrected chi connectivity index (χ1v) is 5.85. The molecule has 0 spiro atoms. The second-order valence-electron chi connectivity index (χ2n) is 4.01. The van der Waals surface area contributed by atoms with Crippen molar-refractivity contribution in [2.45, 2.75) is 6.92 Å². The number of carbonyl (C=O) groups excluding carboxylic acids is 1. The number of ether oxygens (including phenoxy) is 2. The molecule has 0 aliphatic carbocycles. The molecule has 1 aromatic heterocycles. The van der Waals surface area contributed by atoms with Gasteiger partial charge in [0.25, 0.3) is 0 Å². The van der Waals surface area contributed by atoms with Gasteiger partial charge in [0.05, 0.1) is 24.4 Å². The van der Waals surface area contributed by atoms with Crippen LogP contribution in [0.5, 0.6) is 11.6 Å². The SMILES string of the molecule is COC(=O)c1cnc(Oc2c(C)cccc2[N+](=O)[O-])cn1. The van der Waals surface area contributed by atoms with Crippen LogP contribution in [0.25, 0.3) is 0 Å². The summed E-state index contributed by atoms with van der Waals surface area (Å²) in [4.78, 5) is 29.4. The Morgan fingerprint density at radius 3 is 2.62 bits per heavy atom. The van der Waals surface area contributed by atoms with Gasteiger partial charge in [0.1, 0.15) is 0 Å². The molecule has 0 atom stereocenters. The van der Waals surface area contributed by atoms with E-state index in [0.717, 1.165) is 0 Å². The van der Waals surface area contributed by atoms with Gasteiger partial charge < -0.3 is 9.47 Å². The second-order valence-corrected chi connectivity index (χ2v) is 4.01. The van der Waals surface area contributed by atoms with Crippen LogP contribution in [0.15, 0.2) is 30.6 Å². The Hall–Kier alpha value is -3.03. The fourth-order valence-electron chi connectivity index (χ4n) is 1.60. The highest BCUT2D eigenvalue weighted by molar-refractivity contribution is 5.86. The standard InChI is InChI=1S/C13H11N3O5/c1-8-4-3-5-10(16(18)19)12(8)21-11-7-14-9(6-15-11)13(17)20-2/h3-7H,1-2H3. The number of carbonyl (C=O) groups is 1. The highest BCUT2D eigenvalue weighted by Crippen LogP contribution is 2.33. The van der Waals surface area contributed by atoms with Crippen LogP contribution in [-0.4, -0.2) is 28.0 Å². The van der Waals surface area contributed by atoms with Crippen LogP contribution in [0.1, 0.15) is 16.1 Å². The summed E-state index contributed by atoms with van der Waals surface area (Å²) < 4.78 is 9.90. The quantitative estimate of drug-likeness (QED) is 0.483. The van der Waals surface area contributed by atoms with Crippen molar-refractivity contribution in [1.82, 2.24) is 9.97 Å². The maximum Gasteiger partial charge on any atom is 0.358 e. The van der Waals surface area contributed by atoms with Crippen LogP contribution < -0.4 is 4.74 Å². The Kier molecular flexibility index (Phi) is 4.07. The third kappa shape index (κ3) is 3.11. The number of hydrogen-bond donors (Lipinski definition) is 0. The largest absolute Gasteiger partial charge is 0.464 e. The van der Waals surface area contributed by atoms with Crippen LogP contribution in [0.4, 0.5) is 5.69 Å². The lowest BCUT2D eigenvalue weighted by Gasteiger charge is -2.07. The molecule has 0 unspecified atom stereocenters. The van der Waals surface area contributed by atoms with E-state index in [9.17, 15) is 14.9 Å². The van der Waals surface area contributed by atoms with Crippen LogP contribution in [0.2, 0.25) is 0 Å². The van der Waals surface area contributed by atoms with Crippen molar-refractivity contribution in [2.75, 3.05) is 7.11 Å². The molecule has 0 saturated carbocycles. The van der Waals surface area contributed by atoms with E-state index in [1.807, 2.05) is 0 Å². The van der Waals surface area contributed by atoms with E-state index in [4.69, 9.17) is 4.74 Å². The minimum absolute atomic E-state index is 0.0177. The normalized spacial score (nSPS) is 10.0. The summed E-state index contributed by atoms with van der Waals surface area (Å²) in [6.45, 7) is 1.68. The average Bonchev–Trinajstić information content (AvgIpc) is 2.49. The number of rotatable bonds is 4. The Balaban J connectivity index is 2.30. The van der Waals surface area contributed by atoms with Crippen molar-refractivity contribution < 1.29 is 19.2 Å². The molecular weight excluding hydrogens is 278 g/mol. The van der Waals surface area contributed by atoms with Crippen molar-refractivity contribution in [3.63, 3.8) is 0 Å². The monoisotopic (exact) mass is 289 g/mol. The Morgan fingerprint density at radius 1 is 1.29 bits per heavy atom. The average molecular weight is 289 g/mol. The van der Waals surface area contributed by atoms with E-state index < -0.39 is 10.9 Å². The summed E-state index contributed by atoms with van der Waals surface area (Å²) >= 11 is 0. The van der Waals surface area contributed by atoms with Gasteiger partial charge >= 0.3 is 11.7 Å². The minimum atomic E-state index is -0.629. The molecule has 0 aliphatic heterocycles. The number of nitro groups is 1. The predicted octanol–water partition coefficient (Wildman–Crippen LogP) is 2.27. The number of aryl methyl sites for hydroxylation is 1. The van der Waals surface area contributed by atoms with Gasteiger partial charge in [-0.25, -0.2) is 14.8 Å². The molecule has 8 nitrogen and oxygen atoms in total. The molecule has 0 fully saturated rings. The Labute approximate surface area is 119 Å². The summed E-state index contributed by atoms with van der Waals surface area (Å²) in [7, 11) is 1.23. The lowest BCUT2D eigenvalue weighted by atomic mass is 10.2. The third-order valence-electron chi connectivity index (χ3n) is 2.62. The van der Waals surface area contributed by atoms with Crippen LogP contribution in [-0.2, 0) is 4.74 Å². The fourth-order valence-corrected chi connectivity index (χ4v) is 1.60. The first-order valence-electron chi connectivity index (χ1n) is 5.85. The van der Waals surface area contributed by atoms with Gasteiger partial charge in [-0.3, -0.25) is 10.1 Å². The summed E-state index contributed by atoms with van der Waals surface area (Å²) in [5.41, 5.74) is 0.432. The second kappa shape index (κ2) is 5.95. The predicted molar refractivity (Wildman–Crippen MR) is 71.3 cm³/mol. The zero-order chi connectivity index (χ0) is 15.4. The molecule has 108 valence electrons. The molecule has 21 heavy (non-hydrogen) atoms. The maximum absolute atomic E-state index is 11.2. The van der Waals surface area contributed by atoms with Crippen molar-refractivity contribution in [3.05, 3.63) is 52.0 Å². The minimum Gasteiger partial charge on any atom is -0.464 e. The van der Waals surface area contributed by atoms with Crippen molar-refractivity contribution in [3.8, 4) is 11.6 Å². The lowest BCUT2D eigenvalue weighted by Crippen LogP contribution is -2.05. The van der Waals surface area contributed by atoms with Crippen LogP contribution in [0, 0.1) is 17.0 Å². The van der Waals surface area contributed by atoms with Gasteiger partial charge in [0.2, 0.25) is 11.6 Å². The zero-order valence-corrected chi connectivity index (χ0v) is 11.3. The summed E-state index contributed by atoms with van der Waals surface area (Å²) in [5, 5.41) is 11.0. The highest BCUT2D eigenvalue weighted by Gasteiger charge is 2.18. The van der Waals surface area contributed by atoms with Gasteiger partial charge in [-0.05, 0) is 12.5 Å². The number of aromatic nitrogens is 2. The van der Waals surface area contributed by atoms with Gasteiger partial charge in [-0.1, -0.05) is 12.1 Å². The van der Waals surface area contributed by atoms with Gasteiger partial charge in [0, 0.05) is 6.07 Å².